The number of amides is 1. The predicted octanol–water partition coefficient (Wildman–Crippen LogP) is 7.28. The number of unbranched alkanes of at least 4 members (excludes halogenated alkanes) is 1. The molecule has 1 aliphatic rings. The highest BCUT2D eigenvalue weighted by Gasteiger charge is 2.32. The summed E-state index contributed by atoms with van der Waals surface area (Å²) < 4.78 is 6.95. The topological polar surface area (TPSA) is 105 Å². The van der Waals surface area contributed by atoms with E-state index in [4.69, 9.17) is 4.42 Å². The van der Waals surface area contributed by atoms with E-state index in [9.17, 15) is 19.5 Å². The van der Waals surface area contributed by atoms with Gasteiger partial charge >= 0.3 is 11.8 Å². The van der Waals surface area contributed by atoms with E-state index in [2.05, 4.69) is 32.2 Å². The van der Waals surface area contributed by atoms with Crippen molar-refractivity contribution in [1.82, 2.24) is 9.88 Å². The minimum absolute atomic E-state index is 0.0250. The third kappa shape index (κ3) is 7.25. The second-order valence-corrected chi connectivity index (χ2v) is 12.6. The van der Waals surface area contributed by atoms with Crippen molar-refractivity contribution in [3.63, 3.8) is 0 Å². The number of aromatic nitrogens is 1. The van der Waals surface area contributed by atoms with Crippen molar-refractivity contribution in [3.8, 4) is 11.1 Å². The first-order valence-electron chi connectivity index (χ1n) is 15.2. The summed E-state index contributed by atoms with van der Waals surface area (Å²) in [5.74, 6) is -0.433. The van der Waals surface area contributed by atoms with Gasteiger partial charge in [-0.25, -0.2) is 9.59 Å². The van der Waals surface area contributed by atoms with Crippen LogP contribution in [-0.4, -0.2) is 39.7 Å². The second-order valence-electron chi connectivity index (χ2n) is 12.6. The van der Waals surface area contributed by atoms with Gasteiger partial charge in [0.05, 0.1) is 11.2 Å². The van der Waals surface area contributed by atoms with Crippen LogP contribution in [0.2, 0.25) is 0 Å². The number of carboxylic acid groups (broad SMARTS) is 1. The Morgan fingerprint density at radius 2 is 1.77 bits per heavy atom. The number of anilines is 1. The molecule has 3 aromatic carbocycles. The number of rotatable bonds is 10. The van der Waals surface area contributed by atoms with Crippen molar-refractivity contribution >= 4 is 29.2 Å². The third-order valence-corrected chi connectivity index (χ3v) is 8.24. The van der Waals surface area contributed by atoms with Crippen LogP contribution < -0.4 is 16.0 Å². The Labute approximate surface area is 252 Å². The summed E-state index contributed by atoms with van der Waals surface area (Å²) in [5.41, 5.74) is 5.26. The highest BCUT2D eigenvalue weighted by molar-refractivity contribution is 5.93. The van der Waals surface area contributed by atoms with Gasteiger partial charge in [-0.3, -0.25) is 14.3 Å². The molecule has 8 heteroatoms. The van der Waals surface area contributed by atoms with Crippen molar-refractivity contribution < 1.29 is 19.1 Å². The fourth-order valence-electron chi connectivity index (χ4n) is 6.31. The smallest absolute Gasteiger partial charge is 0.419 e. The van der Waals surface area contributed by atoms with Gasteiger partial charge in [-0.05, 0) is 101 Å². The number of nitrogens with one attached hydrogen (secondary N) is 1. The number of nitrogens with zero attached hydrogens (tertiary/aromatic N) is 2. The zero-order valence-electron chi connectivity index (χ0n) is 25.2. The minimum atomic E-state index is -0.925. The summed E-state index contributed by atoms with van der Waals surface area (Å²) in [4.78, 5) is 37.9. The van der Waals surface area contributed by atoms with Gasteiger partial charge in [0.15, 0.2) is 5.58 Å². The Hall–Kier alpha value is -4.17. The van der Waals surface area contributed by atoms with Gasteiger partial charge < -0.3 is 14.8 Å². The fourth-order valence-corrected chi connectivity index (χ4v) is 6.31. The number of aldehydes is 1. The van der Waals surface area contributed by atoms with Crippen LogP contribution in [0.15, 0.2) is 75.9 Å². The number of hydrogen-bond donors (Lipinski definition) is 2. The molecule has 8 nitrogen and oxygen atoms in total. The molecule has 5 rings (SSSR count). The summed E-state index contributed by atoms with van der Waals surface area (Å²) in [7, 11) is 0. The van der Waals surface area contributed by atoms with Crippen LogP contribution in [0, 0.1) is 0 Å². The Balaban J connectivity index is 1.34. The maximum atomic E-state index is 12.8. The Morgan fingerprint density at radius 1 is 1.02 bits per heavy atom. The molecule has 0 unspecified atom stereocenters. The first kappa shape index (κ1) is 30.3. The SMILES string of the molecule is CC(C)(C)NC1CCC(N(C(=O)O)c2cc(CCCCn3c(=O)oc4cc(C=O)ccc43)ccc2-c2ccccc2)CC1. The minimum Gasteiger partial charge on any atom is -0.465 e. The average Bonchev–Trinajstić information content (AvgIpc) is 3.29. The fraction of sp³-hybridized carbons (Fsp3) is 0.400. The van der Waals surface area contributed by atoms with E-state index in [1.807, 2.05) is 42.5 Å². The van der Waals surface area contributed by atoms with Gasteiger partial charge in [0.25, 0.3) is 0 Å². The molecule has 0 saturated heterocycles. The first-order chi connectivity index (χ1) is 20.6. The zero-order valence-corrected chi connectivity index (χ0v) is 25.2. The maximum Gasteiger partial charge on any atom is 0.419 e. The average molecular weight is 584 g/mol. The molecule has 0 spiro atoms. The van der Waals surface area contributed by atoms with Crippen LogP contribution in [0.1, 0.15) is 75.2 Å². The van der Waals surface area contributed by atoms with Gasteiger partial charge in [-0.1, -0.05) is 42.5 Å². The number of carbonyl (C=O) groups is 2. The largest absolute Gasteiger partial charge is 0.465 e. The van der Waals surface area contributed by atoms with Crippen LogP contribution in [0.4, 0.5) is 10.5 Å². The standard InChI is InChI=1S/C35H41N3O5/c1-35(2,3)36-27-14-16-28(17-15-27)38(33(40)41)31-21-24(12-18-29(31)26-10-5-4-6-11-26)9-7-8-20-37-30-19-13-25(23-39)22-32(30)43-34(37)42/h4-6,10-13,18-19,21-23,27-28,36H,7-9,14-17,20H2,1-3H3,(H,40,41). The van der Waals surface area contributed by atoms with E-state index < -0.39 is 11.8 Å². The second kappa shape index (κ2) is 13.0. The van der Waals surface area contributed by atoms with E-state index >= 15 is 0 Å². The molecule has 4 aromatic rings. The number of aryl methyl sites for hydroxylation is 2. The number of fused-ring (bicyclic) bond motifs is 1. The molecule has 1 fully saturated rings. The number of hydrogen-bond acceptors (Lipinski definition) is 5. The maximum absolute atomic E-state index is 12.8. The molecule has 226 valence electrons. The first-order valence-corrected chi connectivity index (χ1v) is 15.2. The van der Waals surface area contributed by atoms with Gasteiger partial charge in [0, 0.05) is 35.3 Å². The molecule has 1 aromatic heterocycles. The van der Waals surface area contributed by atoms with E-state index in [0.29, 0.717) is 29.2 Å². The van der Waals surface area contributed by atoms with Gasteiger partial charge in [0.1, 0.15) is 6.29 Å². The monoisotopic (exact) mass is 583 g/mol. The summed E-state index contributed by atoms with van der Waals surface area (Å²) >= 11 is 0. The quantitative estimate of drug-likeness (QED) is 0.150. The van der Waals surface area contributed by atoms with Crippen LogP contribution in [0.5, 0.6) is 0 Å². The van der Waals surface area contributed by atoms with Gasteiger partial charge in [0.2, 0.25) is 0 Å². The van der Waals surface area contributed by atoms with Crippen molar-refractivity contribution in [2.24, 2.45) is 0 Å². The van der Waals surface area contributed by atoms with Crippen molar-refractivity contribution in [2.75, 3.05) is 4.90 Å². The lowest BCUT2D eigenvalue weighted by Gasteiger charge is -2.38. The van der Waals surface area contributed by atoms with Crippen LogP contribution in [0.25, 0.3) is 22.2 Å². The van der Waals surface area contributed by atoms with E-state index in [1.165, 1.54) is 0 Å². The molecule has 0 atom stereocenters. The van der Waals surface area contributed by atoms with E-state index in [0.717, 1.165) is 73.6 Å². The Bertz CT molecular complexity index is 1620. The molecular formula is C35H41N3O5. The lowest BCUT2D eigenvalue weighted by molar-refractivity contribution is 0.112. The molecule has 0 radical (unpaired) electrons. The lowest BCUT2D eigenvalue weighted by Crippen LogP contribution is -2.49. The van der Waals surface area contributed by atoms with Crippen molar-refractivity contribution in [3.05, 3.63) is 88.4 Å². The molecule has 1 heterocycles. The summed E-state index contributed by atoms with van der Waals surface area (Å²) in [5, 5.41) is 14.2. The molecule has 1 aliphatic carbocycles. The molecule has 0 aliphatic heterocycles. The summed E-state index contributed by atoms with van der Waals surface area (Å²) in [6, 6.07) is 21.4. The number of carbonyl (C=O) groups excluding carboxylic acids is 1. The zero-order chi connectivity index (χ0) is 30.6. The summed E-state index contributed by atoms with van der Waals surface area (Å²) in [6.45, 7) is 7.00. The normalized spacial score (nSPS) is 17.2. The van der Waals surface area contributed by atoms with Crippen LogP contribution >= 0.6 is 0 Å². The van der Waals surface area contributed by atoms with Crippen LogP contribution in [-0.2, 0) is 13.0 Å². The summed E-state index contributed by atoms with van der Waals surface area (Å²) in [6.07, 6.45) is 5.59. The number of oxazole rings is 1. The molecule has 43 heavy (non-hydrogen) atoms. The molecular weight excluding hydrogens is 542 g/mol. The van der Waals surface area contributed by atoms with Crippen molar-refractivity contribution in [1.29, 1.82) is 0 Å². The van der Waals surface area contributed by atoms with Crippen molar-refractivity contribution in [2.45, 2.75) is 89.9 Å². The van der Waals surface area contributed by atoms with E-state index in [1.54, 1.807) is 27.7 Å². The predicted molar refractivity (Wildman–Crippen MR) is 170 cm³/mol. The Kier molecular flexibility index (Phi) is 9.16. The number of benzene rings is 3. The van der Waals surface area contributed by atoms with Gasteiger partial charge in [-0.2, -0.15) is 0 Å². The highest BCUT2D eigenvalue weighted by atomic mass is 16.4. The molecule has 1 saturated carbocycles. The molecule has 2 N–H and O–H groups in total. The molecule has 0 bridgehead atoms. The highest BCUT2D eigenvalue weighted by Crippen LogP contribution is 2.37. The lowest BCUT2D eigenvalue weighted by atomic mass is 9.88. The van der Waals surface area contributed by atoms with Crippen LogP contribution in [0.3, 0.4) is 0 Å². The Morgan fingerprint density at radius 3 is 2.44 bits per heavy atom. The third-order valence-electron chi connectivity index (χ3n) is 8.24. The van der Waals surface area contributed by atoms with Gasteiger partial charge in [-0.15, -0.1) is 0 Å². The van der Waals surface area contributed by atoms with E-state index in [-0.39, 0.29) is 11.6 Å². The molecule has 1 amide bonds.